The summed E-state index contributed by atoms with van der Waals surface area (Å²) < 4.78 is 1.58. The lowest BCUT2D eigenvalue weighted by Crippen LogP contribution is -2.49. The monoisotopic (exact) mass is 341 g/mol. The van der Waals surface area contributed by atoms with Crippen molar-refractivity contribution >= 4 is 11.7 Å². The molecule has 3 heterocycles. The largest absolute Gasteiger partial charge is 0.353 e. The van der Waals surface area contributed by atoms with Crippen molar-refractivity contribution in [3.63, 3.8) is 0 Å². The van der Waals surface area contributed by atoms with Crippen LogP contribution in [0.5, 0.6) is 0 Å². The highest BCUT2D eigenvalue weighted by Gasteiger charge is 2.23. The highest BCUT2D eigenvalue weighted by Crippen LogP contribution is 2.15. The molecule has 3 rings (SSSR count). The second-order valence-electron chi connectivity index (χ2n) is 6.04. The Hall–Kier alpha value is -2.70. The average molecular weight is 341 g/mol. The number of hydrogen-bond donors (Lipinski definition) is 0. The van der Waals surface area contributed by atoms with Crippen LogP contribution in [0.2, 0.25) is 0 Å². The van der Waals surface area contributed by atoms with Gasteiger partial charge in [0.2, 0.25) is 0 Å². The number of rotatable bonds is 4. The second kappa shape index (κ2) is 7.46. The standard InChI is InChI=1S/C18H23N5O2/c1-3-15-12-16(20-13-19-15)22-7-9-23(10-8-22)18(25)14-5-6-21(4-2)17(24)11-14/h5-6,11-13H,3-4,7-10H2,1-2H3. The fourth-order valence-electron chi connectivity index (χ4n) is 2.98. The first kappa shape index (κ1) is 17.1. The van der Waals surface area contributed by atoms with Gasteiger partial charge in [-0.1, -0.05) is 6.92 Å². The maximum absolute atomic E-state index is 12.6. The van der Waals surface area contributed by atoms with Gasteiger partial charge in [-0.05, 0) is 19.4 Å². The fraction of sp³-hybridized carbons (Fsp3) is 0.444. The van der Waals surface area contributed by atoms with Gasteiger partial charge in [-0.25, -0.2) is 9.97 Å². The highest BCUT2D eigenvalue weighted by atomic mass is 16.2. The predicted molar refractivity (Wildman–Crippen MR) is 95.9 cm³/mol. The predicted octanol–water partition coefficient (Wildman–Crippen LogP) is 1.18. The van der Waals surface area contributed by atoms with E-state index in [0.29, 0.717) is 25.2 Å². The molecule has 132 valence electrons. The molecule has 7 nitrogen and oxygen atoms in total. The maximum atomic E-state index is 12.6. The van der Waals surface area contributed by atoms with Crippen molar-refractivity contribution in [3.05, 3.63) is 52.3 Å². The number of nitrogens with zero attached hydrogens (tertiary/aromatic N) is 5. The molecule has 0 N–H and O–H groups in total. The van der Waals surface area contributed by atoms with Gasteiger partial charge in [0, 0.05) is 62.3 Å². The average Bonchev–Trinajstić information content (AvgIpc) is 2.67. The summed E-state index contributed by atoms with van der Waals surface area (Å²) in [6.07, 6.45) is 4.14. The molecule has 1 saturated heterocycles. The third-order valence-corrected chi connectivity index (χ3v) is 4.55. The summed E-state index contributed by atoms with van der Waals surface area (Å²) in [5, 5.41) is 0. The minimum atomic E-state index is -0.139. The quantitative estimate of drug-likeness (QED) is 0.835. The first-order valence-corrected chi connectivity index (χ1v) is 8.68. The van der Waals surface area contributed by atoms with Crippen LogP contribution in [0.15, 0.2) is 35.5 Å². The number of piperazine rings is 1. The third kappa shape index (κ3) is 3.70. The summed E-state index contributed by atoms with van der Waals surface area (Å²) in [5.41, 5.74) is 1.33. The Morgan fingerprint density at radius 2 is 1.88 bits per heavy atom. The molecule has 1 aliphatic heterocycles. The van der Waals surface area contributed by atoms with Crippen LogP contribution in [0.1, 0.15) is 29.9 Å². The summed E-state index contributed by atoms with van der Waals surface area (Å²) in [7, 11) is 0. The van der Waals surface area contributed by atoms with E-state index in [4.69, 9.17) is 0 Å². The number of carbonyl (C=O) groups excluding carboxylic acids is 1. The number of hydrogen-bond acceptors (Lipinski definition) is 5. The van der Waals surface area contributed by atoms with Gasteiger partial charge in [0.25, 0.3) is 11.5 Å². The van der Waals surface area contributed by atoms with Gasteiger partial charge < -0.3 is 14.4 Å². The Kier molecular flexibility index (Phi) is 5.11. The molecule has 0 aromatic carbocycles. The molecule has 2 aromatic rings. The lowest BCUT2D eigenvalue weighted by Gasteiger charge is -2.35. The molecule has 0 spiro atoms. The first-order valence-electron chi connectivity index (χ1n) is 8.68. The van der Waals surface area contributed by atoms with Crippen LogP contribution in [0.25, 0.3) is 0 Å². The minimum Gasteiger partial charge on any atom is -0.353 e. The lowest BCUT2D eigenvalue weighted by molar-refractivity contribution is 0.0746. The van der Waals surface area contributed by atoms with E-state index in [1.54, 1.807) is 28.1 Å². The number of carbonyl (C=O) groups is 1. The highest BCUT2D eigenvalue weighted by molar-refractivity contribution is 5.94. The molecule has 25 heavy (non-hydrogen) atoms. The van der Waals surface area contributed by atoms with Gasteiger partial charge in [0.15, 0.2) is 0 Å². The van der Waals surface area contributed by atoms with Crippen molar-refractivity contribution in [2.24, 2.45) is 0 Å². The normalized spacial score (nSPS) is 14.6. The van der Waals surface area contributed by atoms with Gasteiger partial charge in [0.1, 0.15) is 12.1 Å². The Morgan fingerprint density at radius 1 is 1.12 bits per heavy atom. The molecule has 7 heteroatoms. The number of amides is 1. The minimum absolute atomic E-state index is 0.0862. The van der Waals surface area contributed by atoms with Crippen LogP contribution in [0, 0.1) is 0 Å². The molecular weight excluding hydrogens is 318 g/mol. The third-order valence-electron chi connectivity index (χ3n) is 4.55. The Labute approximate surface area is 146 Å². The SMILES string of the molecule is CCc1cc(N2CCN(C(=O)c3ccn(CC)c(=O)c3)CC2)ncn1. The van der Waals surface area contributed by atoms with E-state index >= 15 is 0 Å². The van der Waals surface area contributed by atoms with Gasteiger partial charge in [0.05, 0.1) is 0 Å². The molecule has 1 amide bonds. The van der Waals surface area contributed by atoms with E-state index in [-0.39, 0.29) is 11.5 Å². The molecule has 0 aliphatic carbocycles. The Morgan fingerprint density at radius 3 is 2.52 bits per heavy atom. The number of aromatic nitrogens is 3. The second-order valence-corrected chi connectivity index (χ2v) is 6.04. The zero-order valence-corrected chi connectivity index (χ0v) is 14.7. The first-order chi connectivity index (χ1) is 12.1. The summed E-state index contributed by atoms with van der Waals surface area (Å²) in [6.45, 7) is 7.23. The molecule has 2 aromatic heterocycles. The number of pyridine rings is 1. The van der Waals surface area contributed by atoms with Crippen molar-refractivity contribution in [1.82, 2.24) is 19.4 Å². The van der Waals surface area contributed by atoms with Gasteiger partial charge in [-0.3, -0.25) is 9.59 Å². The smallest absolute Gasteiger partial charge is 0.254 e. The molecule has 0 saturated carbocycles. The maximum Gasteiger partial charge on any atom is 0.254 e. The molecule has 0 atom stereocenters. The van der Waals surface area contributed by atoms with E-state index in [1.165, 1.54) is 6.07 Å². The number of aryl methyl sites for hydroxylation is 2. The fourth-order valence-corrected chi connectivity index (χ4v) is 2.98. The zero-order chi connectivity index (χ0) is 17.8. The van der Waals surface area contributed by atoms with Crippen molar-refractivity contribution in [2.45, 2.75) is 26.8 Å². The summed E-state index contributed by atoms with van der Waals surface area (Å²) in [4.78, 5) is 37.1. The van der Waals surface area contributed by atoms with Crippen molar-refractivity contribution in [2.75, 3.05) is 31.1 Å². The van der Waals surface area contributed by atoms with Crippen molar-refractivity contribution < 1.29 is 4.79 Å². The molecule has 1 aliphatic rings. The molecule has 0 unspecified atom stereocenters. The van der Waals surface area contributed by atoms with Crippen LogP contribution in [-0.4, -0.2) is 51.5 Å². The lowest BCUT2D eigenvalue weighted by atomic mass is 10.2. The molecular formula is C18H23N5O2. The van der Waals surface area contributed by atoms with Crippen LogP contribution < -0.4 is 10.5 Å². The molecule has 1 fully saturated rings. The van der Waals surface area contributed by atoms with Gasteiger partial charge in [-0.15, -0.1) is 0 Å². The van der Waals surface area contributed by atoms with Crippen LogP contribution in [-0.2, 0) is 13.0 Å². The molecule has 0 bridgehead atoms. The Bertz CT molecular complexity index is 809. The van der Waals surface area contributed by atoms with Crippen molar-refractivity contribution in [1.29, 1.82) is 0 Å². The van der Waals surface area contributed by atoms with E-state index < -0.39 is 0 Å². The van der Waals surface area contributed by atoms with Crippen LogP contribution in [0.3, 0.4) is 0 Å². The molecule has 0 radical (unpaired) electrons. The van der Waals surface area contributed by atoms with E-state index in [1.807, 2.05) is 13.0 Å². The number of anilines is 1. The van der Waals surface area contributed by atoms with E-state index in [9.17, 15) is 9.59 Å². The van der Waals surface area contributed by atoms with Crippen LogP contribution >= 0.6 is 0 Å². The topological polar surface area (TPSA) is 71.3 Å². The van der Waals surface area contributed by atoms with E-state index in [2.05, 4.69) is 21.8 Å². The summed E-state index contributed by atoms with van der Waals surface area (Å²) in [5.74, 6) is 0.821. The summed E-state index contributed by atoms with van der Waals surface area (Å²) in [6, 6.07) is 5.15. The zero-order valence-electron chi connectivity index (χ0n) is 14.7. The summed E-state index contributed by atoms with van der Waals surface area (Å²) >= 11 is 0. The van der Waals surface area contributed by atoms with Gasteiger partial charge in [-0.2, -0.15) is 0 Å². The Balaban J connectivity index is 1.66. The van der Waals surface area contributed by atoms with Gasteiger partial charge >= 0.3 is 0 Å². The van der Waals surface area contributed by atoms with Crippen molar-refractivity contribution in [3.8, 4) is 0 Å². The van der Waals surface area contributed by atoms with Crippen LogP contribution in [0.4, 0.5) is 5.82 Å². The van der Waals surface area contributed by atoms with E-state index in [0.717, 1.165) is 31.0 Å².